The van der Waals surface area contributed by atoms with Gasteiger partial charge in [0.1, 0.15) is 5.82 Å². The second kappa shape index (κ2) is 10.6. The molecule has 1 saturated heterocycles. The number of hydrogen-bond acceptors (Lipinski definition) is 7. The SMILES string of the molecule is O=C(Nc1c[nH]nc1-c1nc2cc(CN3CCOCC3)ccc2[nH]1)c1cccnc1Nc1ccc(Cl)cc1. The highest BCUT2D eigenvalue weighted by molar-refractivity contribution is 6.30. The number of carbonyl (C=O) groups is 1. The zero-order chi connectivity index (χ0) is 25.9. The maximum Gasteiger partial charge on any atom is 0.259 e. The summed E-state index contributed by atoms with van der Waals surface area (Å²) in [6.07, 6.45) is 3.26. The number of anilines is 3. The molecule has 1 amide bonds. The second-order valence-corrected chi connectivity index (χ2v) is 9.39. The number of ether oxygens (including phenoxy) is 1. The van der Waals surface area contributed by atoms with Crippen LogP contribution in [0.15, 0.2) is 67.0 Å². The van der Waals surface area contributed by atoms with Crippen molar-refractivity contribution in [2.75, 3.05) is 36.9 Å². The lowest BCUT2D eigenvalue weighted by Crippen LogP contribution is -2.35. The molecule has 1 aliphatic rings. The van der Waals surface area contributed by atoms with Gasteiger partial charge in [0.15, 0.2) is 11.5 Å². The second-order valence-electron chi connectivity index (χ2n) is 8.96. The van der Waals surface area contributed by atoms with Gasteiger partial charge in [-0.3, -0.25) is 14.8 Å². The van der Waals surface area contributed by atoms with Crippen LogP contribution in [0.3, 0.4) is 0 Å². The van der Waals surface area contributed by atoms with Gasteiger partial charge in [-0.2, -0.15) is 5.10 Å². The molecule has 1 fully saturated rings. The van der Waals surface area contributed by atoms with Gasteiger partial charge in [0.25, 0.3) is 5.91 Å². The molecule has 0 saturated carbocycles. The Hall–Kier alpha value is -4.25. The van der Waals surface area contributed by atoms with Crippen LogP contribution in [0.1, 0.15) is 15.9 Å². The number of aromatic amines is 2. The minimum atomic E-state index is -0.332. The molecular weight excluding hydrogens is 504 g/mol. The third-order valence-corrected chi connectivity index (χ3v) is 6.58. The number of fused-ring (bicyclic) bond motifs is 1. The van der Waals surface area contributed by atoms with E-state index >= 15 is 0 Å². The molecule has 0 unspecified atom stereocenters. The maximum absolute atomic E-state index is 13.3. The van der Waals surface area contributed by atoms with Gasteiger partial charge < -0.3 is 20.4 Å². The average Bonchev–Trinajstić information content (AvgIpc) is 3.57. The molecule has 11 heteroatoms. The molecule has 0 spiro atoms. The molecule has 38 heavy (non-hydrogen) atoms. The van der Waals surface area contributed by atoms with Gasteiger partial charge in [-0.05, 0) is 54.1 Å². The van der Waals surface area contributed by atoms with Crippen molar-refractivity contribution in [2.45, 2.75) is 6.54 Å². The quantitative estimate of drug-likeness (QED) is 0.238. The summed E-state index contributed by atoms with van der Waals surface area (Å²) in [4.78, 5) is 28.1. The lowest BCUT2D eigenvalue weighted by molar-refractivity contribution is 0.0342. The molecule has 6 rings (SSSR count). The predicted octanol–water partition coefficient (Wildman–Crippen LogP) is 4.83. The van der Waals surface area contributed by atoms with Crippen molar-refractivity contribution in [2.24, 2.45) is 0 Å². The Morgan fingerprint density at radius 3 is 2.79 bits per heavy atom. The Bertz CT molecular complexity index is 1570. The normalized spacial score (nSPS) is 14.0. The molecule has 2 aromatic carbocycles. The minimum absolute atomic E-state index is 0.332. The summed E-state index contributed by atoms with van der Waals surface area (Å²) < 4.78 is 5.45. The highest BCUT2D eigenvalue weighted by Gasteiger charge is 2.19. The molecule has 0 aliphatic carbocycles. The molecular formula is C27H25ClN8O2. The third-order valence-electron chi connectivity index (χ3n) is 6.33. The molecule has 192 valence electrons. The van der Waals surface area contributed by atoms with Crippen LogP contribution in [-0.4, -0.2) is 62.3 Å². The number of imidazole rings is 1. The Labute approximate surface area is 223 Å². The summed E-state index contributed by atoms with van der Waals surface area (Å²) in [5, 5.41) is 13.9. The van der Waals surface area contributed by atoms with Crippen LogP contribution in [0.5, 0.6) is 0 Å². The van der Waals surface area contributed by atoms with E-state index < -0.39 is 0 Å². The first-order valence-electron chi connectivity index (χ1n) is 12.2. The van der Waals surface area contributed by atoms with Crippen molar-refractivity contribution in [1.29, 1.82) is 0 Å². The van der Waals surface area contributed by atoms with Gasteiger partial charge in [0.2, 0.25) is 0 Å². The largest absolute Gasteiger partial charge is 0.379 e. The number of nitrogens with zero attached hydrogens (tertiary/aromatic N) is 4. The fourth-order valence-electron chi connectivity index (χ4n) is 4.39. The summed E-state index contributed by atoms with van der Waals surface area (Å²) in [6, 6.07) is 16.8. The van der Waals surface area contributed by atoms with E-state index in [0.717, 1.165) is 49.6 Å². The van der Waals surface area contributed by atoms with Gasteiger partial charge in [0.05, 0.1) is 35.5 Å². The van der Waals surface area contributed by atoms with Gasteiger partial charge in [-0.25, -0.2) is 9.97 Å². The van der Waals surface area contributed by atoms with Crippen molar-refractivity contribution >= 4 is 45.7 Å². The monoisotopic (exact) mass is 528 g/mol. The van der Waals surface area contributed by atoms with E-state index in [9.17, 15) is 4.79 Å². The van der Waals surface area contributed by atoms with Crippen LogP contribution >= 0.6 is 11.6 Å². The Morgan fingerprint density at radius 2 is 1.95 bits per heavy atom. The van der Waals surface area contributed by atoms with E-state index in [4.69, 9.17) is 21.3 Å². The zero-order valence-electron chi connectivity index (χ0n) is 20.4. The Balaban J connectivity index is 1.21. The number of H-pyrrole nitrogens is 2. The van der Waals surface area contributed by atoms with Crippen molar-refractivity contribution in [3.05, 3.63) is 83.1 Å². The summed E-state index contributed by atoms with van der Waals surface area (Å²) in [6.45, 7) is 4.23. The number of carbonyl (C=O) groups excluding carboxylic acids is 1. The smallest absolute Gasteiger partial charge is 0.259 e. The fourth-order valence-corrected chi connectivity index (χ4v) is 4.52. The number of hydrogen-bond donors (Lipinski definition) is 4. The number of benzene rings is 2. The van der Waals surface area contributed by atoms with Crippen LogP contribution in [-0.2, 0) is 11.3 Å². The van der Waals surface area contributed by atoms with E-state index in [0.29, 0.717) is 33.6 Å². The molecule has 1 aliphatic heterocycles. The van der Waals surface area contributed by atoms with E-state index in [1.807, 2.05) is 18.2 Å². The molecule has 3 aromatic heterocycles. The zero-order valence-corrected chi connectivity index (χ0v) is 21.1. The van der Waals surface area contributed by atoms with Gasteiger partial charge in [0, 0.05) is 42.7 Å². The number of rotatable bonds is 7. The first-order valence-corrected chi connectivity index (χ1v) is 12.6. The van der Waals surface area contributed by atoms with Crippen LogP contribution < -0.4 is 10.6 Å². The number of nitrogens with one attached hydrogen (secondary N) is 4. The van der Waals surface area contributed by atoms with Gasteiger partial charge >= 0.3 is 0 Å². The highest BCUT2D eigenvalue weighted by atomic mass is 35.5. The number of aromatic nitrogens is 5. The van der Waals surface area contributed by atoms with Crippen molar-refractivity contribution in [3.63, 3.8) is 0 Å². The molecule has 4 N–H and O–H groups in total. The van der Waals surface area contributed by atoms with E-state index in [-0.39, 0.29) is 5.91 Å². The number of amides is 1. The summed E-state index contributed by atoms with van der Waals surface area (Å²) in [7, 11) is 0. The lowest BCUT2D eigenvalue weighted by atomic mass is 10.2. The third kappa shape index (κ3) is 5.23. The Morgan fingerprint density at radius 1 is 1.11 bits per heavy atom. The van der Waals surface area contributed by atoms with E-state index in [2.05, 4.69) is 47.8 Å². The molecule has 5 aromatic rings. The van der Waals surface area contributed by atoms with E-state index in [1.54, 1.807) is 36.7 Å². The van der Waals surface area contributed by atoms with Gasteiger partial charge in [-0.15, -0.1) is 0 Å². The molecule has 0 atom stereocenters. The molecule has 10 nitrogen and oxygen atoms in total. The fraction of sp³-hybridized carbons (Fsp3) is 0.185. The van der Waals surface area contributed by atoms with Gasteiger partial charge in [-0.1, -0.05) is 17.7 Å². The summed E-state index contributed by atoms with van der Waals surface area (Å²) in [5.74, 6) is 0.654. The minimum Gasteiger partial charge on any atom is -0.379 e. The molecule has 4 heterocycles. The maximum atomic E-state index is 13.3. The predicted molar refractivity (Wildman–Crippen MR) is 147 cm³/mol. The van der Waals surface area contributed by atoms with E-state index in [1.165, 1.54) is 5.56 Å². The van der Waals surface area contributed by atoms with Crippen LogP contribution in [0.4, 0.5) is 17.2 Å². The van der Waals surface area contributed by atoms with Crippen molar-refractivity contribution in [1.82, 2.24) is 30.0 Å². The van der Waals surface area contributed by atoms with Crippen molar-refractivity contribution in [3.8, 4) is 11.5 Å². The first kappa shape index (κ1) is 24.1. The molecule has 0 bridgehead atoms. The number of pyridine rings is 1. The molecule has 0 radical (unpaired) electrons. The summed E-state index contributed by atoms with van der Waals surface area (Å²) in [5.41, 5.74) is 5.09. The van der Waals surface area contributed by atoms with Crippen LogP contribution in [0.25, 0.3) is 22.6 Å². The lowest BCUT2D eigenvalue weighted by Gasteiger charge is -2.26. The first-order chi connectivity index (χ1) is 18.6. The van der Waals surface area contributed by atoms with Crippen molar-refractivity contribution < 1.29 is 9.53 Å². The topological polar surface area (TPSA) is 124 Å². The number of halogens is 1. The summed E-state index contributed by atoms with van der Waals surface area (Å²) >= 11 is 5.98. The van der Waals surface area contributed by atoms with Crippen LogP contribution in [0, 0.1) is 0 Å². The standard InChI is InChI=1S/C27H25ClN8O2/c28-18-4-6-19(7-5-18)31-25-20(2-1-9-29-25)27(37)34-23-15-30-35-24(23)26-32-21-8-3-17(14-22(21)33-26)16-36-10-12-38-13-11-36/h1-9,14-15H,10-13,16H2,(H,29,31)(H,30,35)(H,32,33)(H,34,37). The highest BCUT2D eigenvalue weighted by Crippen LogP contribution is 2.28. The Kier molecular flexibility index (Phi) is 6.74. The average molecular weight is 529 g/mol. The number of morpholine rings is 1. The van der Waals surface area contributed by atoms with Crippen LogP contribution in [0.2, 0.25) is 5.02 Å².